The molecule has 1 saturated heterocycles. The maximum absolute atomic E-state index is 11.5. The second-order valence-corrected chi connectivity index (χ2v) is 7.27. The van der Waals surface area contributed by atoms with Crippen molar-refractivity contribution in [1.29, 1.82) is 0 Å². The minimum Gasteiger partial charge on any atom is -0.359 e. The van der Waals surface area contributed by atoms with Crippen LogP contribution in [0.25, 0.3) is 0 Å². The van der Waals surface area contributed by atoms with Crippen molar-refractivity contribution in [2.24, 2.45) is 10.9 Å². The summed E-state index contributed by atoms with van der Waals surface area (Å²) in [7, 11) is 7.71. The fourth-order valence-corrected chi connectivity index (χ4v) is 3.43. The summed E-state index contributed by atoms with van der Waals surface area (Å²) in [4.78, 5) is 20.5. The molecular formula is C20H33N5O. The van der Waals surface area contributed by atoms with Gasteiger partial charge >= 0.3 is 0 Å². The Balaban J connectivity index is 1.84. The van der Waals surface area contributed by atoms with Crippen LogP contribution in [0.4, 0.5) is 0 Å². The number of nitrogens with zero attached hydrogens (tertiary/aromatic N) is 3. The lowest BCUT2D eigenvalue weighted by Crippen LogP contribution is -2.45. The normalized spacial score (nSPS) is 16.0. The number of benzene rings is 1. The fourth-order valence-electron chi connectivity index (χ4n) is 3.43. The molecule has 0 atom stereocenters. The minimum atomic E-state index is 0.142. The Morgan fingerprint density at radius 2 is 1.96 bits per heavy atom. The molecule has 0 spiro atoms. The van der Waals surface area contributed by atoms with Crippen molar-refractivity contribution in [3.8, 4) is 0 Å². The summed E-state index contributed by atoms with van der Waals surface area (Å²) < 4.78 is 0. The highest BCUT2D eigenvalue weighted by molar-refractivity contribution is 5.80. The number of piperidine rings is 1. The van der Waals surface area contributed by atoms with Crippen LogP contribution in [-0.2, 0) is 17.9 Å². The summed E-state index contributed by atoms with van der Waals surface area (Å²) in [5, 5.41) is 6.21. The fraction of sp³-hybridized carbons (Fsp3) is 0.600. The third kappa shape index (κ3) is 6.33. The summed E-state index contributed by atoms with van der Waals surface area (Å²) in [5.74, 6) is 1.57. The first kappa shape index (κ1) is 20.2. The number of likely N-dealkylation sites (tertiary alicyclic amines) is 1. The van der Waals surface area contributed by atoms with E-state index in [-0.39, 0.29) is 5.91 Å². The molecular weight excluding hydrogens is 326 g/mol. The lowest BCUT2D eigenvalue weighted by atomic mass is 9.93. The number of carbonyl (C=O) groups is 1. The van der Waals surface area contributed by atoms with Crippen molar-refractivity contribution in [2.75, 3.05) is 41.3 Å². The van der Waals surface area contributed by atoms with Gasteiger partial charge in [-0.15, -0.1) is 0 Å². The first-order chi connectivity index (χ1) is 12.5. The summed E-state index contributed by atoms with van der Waals surface area (Å²) in [6.07, 6.45) is 2.70. The Morgan fingerprint density at radius 3 is 2.58 bits per heavy atom. The smallest absolute Gasteiger partial charge is 0.220 e. The van der Waals surface area contributed by atoms with Gasteiger partial charge in [0, 0.05) is 46.7 Å². The van der Waals surface area contributed by atoms with Crippen LogP contribution < -0.4 is 10.6 Å². The molecule has 6 heteroatoms. The van der Waals surface area contributed by atoms with Gasteiger partial charge in [0.1, 0.15) is 0 Å². The van der Waals surface area contributed by atoms with Gasteiger partial charge in [-0.1, -0.05) is 24.3 Å². The van der Waals surface area contributed by atoms with Gasteiger partial charge in [0.2, 0.25) is 5.91 Å². The van der Waals surface area contributed by atoms with Gasteiger partial charge in [0.25, 0.3) is 0 Å². The Kier molecular flexibility index (Phi) is 7.91. The number of hydrogen-bond donors (Lipinski definition) is 2. The zero-order chi connectivity index (χ0) is 18.9. The number of aliphatic imine (C=N–C) groups is 1. The SMILES string of the molecule is CN=C(NCc1cccc(CN(C)C)c1)N1CCC(CC(=O)NC)CC1. The third-order valence-electron chi connectivity index (χ3n) is 4.82. The highest BCUT2D eigenvalue weighted by Gasteiger charge is 2.22. The Hall–Kier alpha value is -2.08. The summed E-state index contributed by atoms with van der Waals surface area (Å²) in [6.45, 7) is 3.61. The molecule has 1 fully saturated rings. The van der Waals surface area contributed by atoms with Crippen molar-refractivity contribution in [3.05, 3.63) is 35.4 Å². The van der Waals surface area contributed by atoms with E-state index in [0.717, 1.165) is 45.0 Å². The van der Waals surface area contributed by atoms with E-state index in [4.69, 9.17) is 0 Å². The average molecular weight is 360 g/mol. The maximum Gasteiger partial charge on any atom is 0.220 e. The molecule has 0 saturated carbocycles. The predicted molar refractivity (Wildman–Crippen MR) is 107 cm³/mol. The van der Waals surface area contributed by atoms with E-state index in [2.05, 4.69) is 63.8 Å². The number of rotatable bonds is 6. The molecule has 2 N–H and O–H groups in total. The molecule has 2 rings (SSSR count). The van der Waals surface area contributed by atoms with Crippen molar-refractivity contribution in [1.82, 2.24) is 20.4 Å². The molecule has 0 bridgehead atoms. The summed E-state index contributed by atoms with van der Waals surface area (Å²) in [6, 6.07) is 8.67. The number of hydrogen-bond acceptors (Lipinski definition) is 3. The van der Waals surface area contributed by atoms with Gasteiger partial charge in [-0.05, 0) is 44.0 Å². The lowest BCUT2D eigenvalue weighted by Gasteiger charge is -2.34. The van der Waals surface area contributed by atoms with Crippen LogP contribution in [0.15, 0.2) is 29.3 Å². The lowest BCUT2D eigenvalue weighted by molar-refractivity contribution is -0.121. The van der Waals surface area contributed by atoms with Crippen LogP contribution in [0.1, 0.15) is 30.4 Å². The second kappa shape index (κ2) is 10.2. The summed E-state index contributed by atoms with van der Waals surface area (Å²) >= 11 is 0. The van der Waals surface area contributed by atoms with Gasteiger partial charge in [0.05, 0.1) is 0 Å². The Morgan fingerprint density at radius 1 is 1.27 bits per heavy atom. The molecule has 1 aliphatic heterocycles. The molecule has 0 radical (unpaired) electrons. The highest BCUT2D eigenvalue weighted by atomic mass is 16.1. The van der Waals surface area contributed by atoms with Crippen molar-refractivity contribution in [2.45, 2.75) is 32.4 Å². The van der Waals surface area contributed by atoms with E-state index in [0.29, 0.717) is 12.3 Å². The van der Waals surface area contributed by atoms with Gasteiger partial charge in [-0.25, -0.2) is 0 Å². The third-order valence-corrected chi connectivity index (χ3v) is 4.82. The zero-order valence-electron chi connectivity index (χ0n) is 16.6. The first-order valence-electron chi connectivity index (χ1n) is 9.40. The molecule has 1 aliphatic rings. The Bertz CT molecular complexity index is 606. The Labute approximate surface area is 157 Å². The molecule has 0 unspecified atom stereocenters. The molecule has 1 aromatic rings. The van der Waals surface area contributed by atoms with Crippen LogP contribution >= 0.6 is 0 Å². The van der Waals surface area contributed by atoms with Crippen molar-refractivity contribution in [3.63, 3.8) is 0 Å². The molecule has 1 amide bonds. The molecule has 1 aromatic carbocycles. The standard InChI is InChI=1S/C20H33N5O/c1-21-19(26)13-16-8-10-25(11-9-16)20(22-2)23-14-17-6-5-7-18(12-17)15-24(3)4/h5-7,12,16H,8-11,13-15H2,1-4H3,(H,21,26)(H,22,23). The number of nitrogens with one attached hydrogen (secondary N) is 2. The van der Waals surface area contributed by atoms with E-state index >= 15 is 0 Å². The molecule has 6 nitrogen and oxygen atoms in total. The summed E-state index contributed by atoms with van der Waals surface area (Å²) in [5.41, 5.74) is 2.58. The van der Waals surface area contributed by atoms with Crippen LogP contribution in [0.5, 0.6) is 0 Å². The predicted octanol–water partition coefficient (Wildman–Crippen LogP) is 1.67. The molecule has 1 heterocycles. The topological polar surface area (TPSA) is 60.0 Å². The first-order valence-corrected chi connectivity index (χ1v) is 9.40. The van der Waals surface area contributed by atoms with Gasteiger partial charge in [0.15, 0.2) is 5.96 Å². The van der Waals surface area contributed by atoms with Crippen LogP contribution in [-0.4, -0.2) is 62.9 Å². The van der Waals surface area contributed by atoms with Crippen LogP contribution in [0.2, 0.25) is 0 Å². The number of amides is 1. The van der Waals surface area contributed by atoms with Crippen molar-refractivity contribution >= 4 is 11.9 Å². The van der Waals surface area contributed by atoms with Gasteiger partial charge in [-0.3, -0.25) is 9.79 Å². The van der Waals surface area contributed by atoms with Crippen LogP contribution in [0.3, 0.4) is 0 Å². The van der Waals surface area contributed by atoms with Crippen LogP contribution in [0, 0.1) is 5.92 Å². The van der Waals surface area contributed by atoms with E-state index in [1.807, 2.05) is 7.05 Å². The molecule has 0 aliphatic carbocycles. The van der Waals surface area contributed by atoms with E-state index < -0.39 is 0 Å². The van der Waals surface area contributed by atoms with E-state index in [1.165, 1.54) is 11.1 Å². The van der Waals surface area contributed by atoms with Gasteiger partial charge in [-0.2, -0.15) is 0 Å². The zero-order valence-corrected chi connectivity index (χ0v) is 16.6. The molecule has 26 heavy (non-hydrogen) atoms. The maximum atomic E-state index is 11.5. The van der Waals surface area contributed by atoms with E-state index in [1.54, 1.807) is 7.05 Å². The van der Waals surface area contributed by atoms with Crippen molar-refractivity contribution < 1.29 is 4.79 Å². The molecule has 0 aromatic heterocycles. The number of guanidine groups is 1. The quantitative estimate of drug-likeness (QED) is 0.599. The monoisotopic (exact) mass is 359 g/mol. The minimum absolute atomic E-state index is 0.142. The van der Waals surface area contributed by atoms with Gasteiger partial charge < -0.3 is 20.4 Å². The largest absolute Gasteiger partial charge is 0.359 e. The number of carbonyl (C=O) groups excluding carboxylic acids is 1. The second-order valence-electron chi connectivity index (χ2n) is 7.27. The average Bonchev–Trinajstić information content (AvgIpc) is 2.63. The van der Waals surface area contributed by atoms with E-state index in [9.17, 15) is 4.79 Å². The molecule has 144 valence electrons. The highest BCUT2D eigenvalue weighted by Crippen LogP contribution is 2.20.